The van der Waals surface area contributed by atoms with Gasteiger partial charge in [-0.25, -0.2) is 4.98 Å². The third-order valence-corrected chi connectivity index (χ3v) is 3.52. The number of hydrogen-bond donors (Lipinski definition) is 1. The normalized spacial score (nSPS) is 10.1. The van der Waals surface area contributed by atoms with E-state index in [9.17, 15) is 4.79 Å². The molecule has 7 heteroatoms. The Balaban J connectivity index is 2.71. The van der Waals surface area contributed by atoms with E-state index in [1.54, 1.807) is 24.5 Å². The zero-order valence-corrected chi connectivity index (χ0v) is 12.3. The number of nitriles is 1. The molecule has 0 aliphatic rings. The van der Waals surface area contributed by atoms with Gasteiger partial charge in [-0.05, 0) is 18.4 Å². The summed E-state index contributed by atoms with van der Waals surface area (Å²) in [4.78, 5) is 18.7. The molecule has 1 N–H and O–H groups in total. The number of benzene rings is 1. The average Bonchev–Trinajstić information content (AvgIpc) is 2.46. The molecule has 0 saturated heterocycles. The minimum Gasteiger partial charge on any atom is -0.495 e. The summed E-state index contributed by atoms with van der Waals surface area (Å²) in [5, 5.41) is 10.0. The van der Waals surface area contributed by atoms with Crippen LogP contribution in [0.3, 0.4) is 0 Å². The van der Waals surface area contributed by atoms with E-state index in [1.165, 1.54) is 18.9 Å². The fraction of sp³-hybridized carbons (Fsp3) is 0.154. The van der Waals surface area contributed by atoms with Crippen molar-refractivity contribution in [1.82, 2.24) is 9.97 Å². The number of H-pyrrole nitrogens is 1. The summed E-state index contributed by atoms with van der Waals surface area (Å²) in [6, 6.07) is 6.85. The Kier molecular flexibility index (Phi) is 4.32. The van der Waals surface area contributed by atoms with Gasteiger partial charge in [-0.2, -0.15) is 5.26 Å². The molecule has 0 bridgehead atoms. The van der Waals surface area contributed by atoms with Crippen molar-refractivity contribution in [2.45, 2.75) is 5.16 Å². The number of ether oxygens (including phenoxy) is 1. The average molecular weight is 308 g/mol. The molecule has 2 aromatic rings. The molecule has 2 rings (SSSR count). The standard InChI is InChI=1S/C13H10ClN3O2S/c1-19-10-5-7(3-4-9(10)14)11-8(6-15)12(18)17-13(16-11)20-2/h3-5H,1-2H3,(H,16,17,18). The van der Waals surface area contributed by atoms with Gasteiger partial charge in [-0.3, -0.25) is 4.79 Å². The number of nitrogens with one attached hydrogen (secondary N) is 1. The Morgan fingerprint density at radius 3 is 2.85 bits per heavy atom. The van der Waals surface area contributed by atoms with Crippen LogP contribution in [-0.2, 0) is 0 Å². The second-order valence-corrected chi connectivity index (χ2v) is 4.96. The predicted molar refractivity (Wildman–Crippen MR) is 78.4 cm³/mol. The lowest BCUT2D eigenvalue weighted by Crippen LogP contribution is -2.14. The molecule has 20 heavy (non-hydrogen) atoms. The minimum atomic E-state index is -0.462. The monoisotopic (exact) mass is 307 g/mol. The lowest BCUT2D eigenvalue weighted by atomic mass is 10.1. The Bertz CT molecular complexity index is 752. The van der Waals surface area contributed by atoms with Crippen molar-refractivity contribution >= 4 is 23.4 Å². The Hall–Kier alpha value is -1.97. The van der Waals surface area contributed by atoms with Crippen molar-refractivity contribution < 1.29 is 4.74 Å². The van der Waals surface area contributed by atoms with Gasteiger partial charge in [0.1, 0.15) is 17.4 Å². The zero-order chi connectivity index (χ0) is 14.7. The number of hydrogen-bond acceptors (Lipinski definition) is 5. The maximum Gasteiger partial charge on any atom is 0.270 e. The number of aromatic amines is 1. The van der Waals surface area contributed by atoms with Crippen LogP contribution in [-0.4, -0.2) is 23.3 Å². The van der Waals surface area contributed by atoms with Crippen molar-refractivity contribution in [2.75, 3.05) is 13.4 Å². The lowest BCUT2D eigenvalue weighted by Gasteiger charge is -2.08. The minimum absolute atomic E-state index is 0.0350. The van der Waals surface area contributed by atoms with Crippen LogP contribution in [0.5, 0.6) is 5.75 Å². The van der Waals surface area contributed by atoms with E-state index in [0.717, 1.165) is 0 Å². The molecule has 0 aliphatic carbocycles. The van der Waals surface area contributed by atoms with Gasteiger partial charge in [-0.1, -0.05) is 29.4 Å². The zero-order valence-electron chi connectivity index (χ0n) is 10.7. The number of aromatic nitrogens is 2. The molecule has 0 unspecified atom stereocenters. The number of thioether (sulfide) groups is 1. The van der Waals surface area contributed by atoms with Crippen LogP contribution < -0.4 is 10.3 Å². The van der Waals surface area contributed by atoms with Crippen LogP contribution in [0, 0.1) is 11.3 Å². The van der Waals surface area contributed by atoms with Gasteiger partial charge in [0, 0.05) is 5.56 Å². The first kappa shape index (κ1) is 14.4. The van der Waals surface area contributed by atoms with Crippen LogP contribution in [0.1, 0.15) is 5.56 Å². The molecule has 0 amide bonds. The second-order valence-electron chi connectivity index (χ2n) is 3.76. The molecule has 0 atom stereocenters. The highest BCUT2D eigenvalue weighted by Crippen LogP contribution is 2.30. The first-order valence-corrected chi connectivity index (χ1v) is 7.13. The maximum absolute atomic E-state index is 11.9. The summed E-state index contributed by atoms with van der Waals surface area (Å²) in [5.74, 6) is 0.459. The number of nitrogens with zero attached hydrogens (tertiary/aromatic N) is 2. The lowest BCUT2D eigenvalue weighted by molar-refractivity contribution is 0.415. The van der Waals surface area contributed by atoms with Gasteiger partial charge in [0.2, 0.25) is 0 Å². The van der Waals surface area contributed by atoms with Crippen LogP contribution in [0.25, 0.3) is 11.3 Å². The molecule has 102 valence electrons. The van der Waals surface area contributed by atoms with E-state index in [4.69, 9.17) is 21.6 Å². The first-order valence-electron chi connectivity index (χ1n) is 5.53. The van der Waals surface area contributed by atoms with Gasteiger partial charge >= 0.3 is 0 Å². The SMILES string of the molecule is COc1cc(-c2nc(SC)[nH]c(=O)c2C#N)ccc1Cl. The number of halogens is 1. The van der Waals surface area contributed by atoms with Crippen LogP contribution in [0.15, 0.2) is 28.2 Å². The summed E-state index contributed by atoms with van der Waals surface area (Å²) in [7, 11) is 1.49. The van der Waals surface area contributed by atoms with Crippen molar-refractivity contribution in [3.63, 3.8) is 0 Å². The molecule has 1 aromatic carbocycles. The second kappa shape index (κ2) is 5.99. The van der Waals surface area contributed by atoms with Gasteiger partial charge < -0.3 is 9.72 Å². The summed E-state index contributed by atoms with van der Waals surface area (Å²) in [6.07, 6.45) is 1.79. The molecule has 5 nitrogen and oxygen atoms in total. The molecular weight excluding hydrogens is 298 g/mol. The fourth-order valence-corrected chi connectivity index (χ4v) is 2.24. The third kappa shape index (κ3) is 2.64. The Morgan fingerprint density at radius 1 is 1.50 bits per heavy atom. The predicted octanol–water partition coefficient (Wildman–Crippen LogP) is 2.69. The maximum atomic E-state index is 11.9. The summed E-state index contributed by atoms with van der Waals surface area (Å²) >= 11 is 7.26. The molecule has 0 radical (unpaired) electrons. The van der Waals surface area contributed by atoms with Gasteiger partial charge in [0.25, 0.3) is 5.56 Å². The largest absolute Gasteiger partial charge is 0.495 e. The van der Waals surface area contributed by atoms with Crippen LogP contribution in [0.4, 0.5) is 0 Å². The summed E-state index contributed by atoms with van der Waals surface area (Å²) in [6.45, 7) is 0. The molecular formula is C13H10ClN3O2S. The summed E-state index contributed by atoms with van der Waals surface area (Å²) < 4.78 is 5.13. The quantitative estimate of drug-likeness (QED) is 0.696. The third-order valence-electron chi connectivity index (χ3n) is 2.63. The van der Waals surface area contributed by atoms with Gasteiger partial charge in [0.05, 0.1) is 17.8 Å². The van der Waals surface area contributed by atoms with E-state index < -0.39 is 5.56 Å². The molecule has 0 saturated carbocycles. The van der Waals surface area contributed by atoms with E-state index in [2.05, 4.69) is 9.97 Å². The fourth-order valence-electron chi connectivity index (χ4n) is 1.67. The van der Waals surface area contributed by atoms with Crippen LogP contribution in [0.2, 0.25) is 5.02 Å². The van der Waals surface area contributed by atoms with Crippen molar-refractivity contribution in [1.29, 1.82) is 5.26 Å². The van der Waals surface area contributed by atoms with E-state index >= 15 is 0 Å². The summed E-state index contributed by atoms with van der Waals surface area (Å²) in [5.41, 5.74) is 0.419. The molecule has 0 spiro atoms. The van der Waals surface area contributed by atoms with Gasteiger partial charge in [0.15, 0.2) is 5.16 Å². The van der Waals surface area contributed by atoms with Crippen LogP contribution >= 0.6 is 23.4 Å². The molecule has 0 aliphatic heterocycles. The highest BCUT2D eigenvalue weighted by Gasteiger charge is 2.14. The molecule has 1 aromatic heterocycles. The topological polar surface area (TPSA) is 78.8 Å². The number of rotatable bonds is 3. The van der Waals surface area contributed by atoms with Crippen molar-refractivity contribution in [3.05, 3.63) is 39.1 Å². The van der Waals surface area contributed by atoms with Crippen molar-refractivity contribution in [3.8, 4) is 23.1 Å². The highest BCUT2D eigenvalue weighted by atomic mass is 35.5. The van der Waals surface area contributed by atoms with Crippen molar-refractivity contribution in [2.24, 2.45) is 0 Å². The molecule has 1 heterocycles. The van der Waals surface area contributed by atoms with Gasteiger partial charge in [-0.15, -0.1) is 0 Å². The molecule has 0 fully saturated rings. The van der Waals surface area contributed by atoms with E-state index in [0.29, 0.717) is 27.2 Å². The van der Waals surface area contributed by atoms with E-state index in [-0.39, 0.29) is 5.56 Å². The Morgan fingerprint density at radius 2 is 2.25 bits per heavy atom. The highest BCUT2D eigenvalue weighted by molar-refractivity contribution is 7.98. The number of methoxy groups -OCH3 is 1. The first-order chi connectivity index (χ1) is 9.60. The van der Waals surface area contributed by atoms with E-state index in [1.807, 2.05) is 6.07 Å². The Labute approximate surface area is 124 Å². The smallest absolute Gasteiger partial charge is 0.270 e.